The number of hydrogen-bond donors (Lipinski definition) is 2. The van der Waals surface area contributed by atoms with E-state index >= 15 is 0 Å². The smallest absolute Gasteiger partial charge is 0.165 e. The maximum absolute atomic E-state index is 10.2. The Labute approximate surface area is 64.2 Å². The van der Waals surface area contributed by atoms with E-state index in [9.17, 15) is 4.79 Å². The molecule has 2 unspecified atom stereocenters. The molecule has 2 N–H and O–H groups in total. The molecule has 9 heavy (non-hydrogen) atoms. The number of hydrogen-bond acceptors (Lipinski definition) is 3. The Morgan fingerprint density at radius 1 is 1.78 bits per heavy atom. The van der Waals surface area contributed by atoms with Gasteiger partial charge in [-0.2, -0.15) is 12.6 Å². The molecule has 0 aliphatic rings. The number of thiol groups is 1. The highest BCUT2D eigenvalue weighted by Crippen LogP contribution is 1.91. The Morgan fingerprint density at radius 3 is 2.11 bits per heavy atom. The second-order valence-electron chi connectivity index (χ2n) is 1.19. The monoisotopic (exact) mass is 167 g/mol. The molecular weight excluding hydrogens is 153 g/mol. The van der Waals surface area contributed by atoms with E-state index in [0.717, 1.165) is 0 Å². The lowest BCUT2D eigenvalue weighted by molar-refractivity contribution is -0.111. The zero-order chi connectivity index (χ0) is 7.86. The van der Waals surface area contributed by atoms with Gasteiger partial charge in [-0.1, -0.05) is 23.1 Å². The van der Waals surface area contributed by atoms with Gasteiger partial charge in [-0.15, -0.1) is 0 Å². The van der Waals surface area contributed by atoms with Crippen molar-refractivity contribution in [3.8, 4) is 0 Å². The number of rotatable bonds is 2. The molecule has 0 aliphatic carbocycles. The first-order chi connectivity index (χ1) is 4.18. The summed E-state index contributed by atoms with van der Waals surface area (Å²) in [6.07, 6.45) is 0. The van der Waals surface area contributed by atoms with E-state index in [4.69, 9.17) is 5.73 Å². The van der Waals surface area contributed by atoms with Crippen LogP contribution in [-0.4, -0.2) is 17.3 Å². The highest BCUT2D eigenvalue weighted by Gasteiger charge is 2.02. The molecule has 2 atom stereocenters. The van der Waals surface area contributed by atoms with Crippen molar-refractivity contribution >= 4 is 27.4 Å². The van der Waals surface area contributed by atoms with Crippen LogP contribution in [0.5, 0.6) is 0 Å². The van der Waals surface area contributed by atoms with Crippen molar-refractivity contribution in [3.05, 3.63) is 0 Å². The van der Waals surface area contributed by atoms with Crippen LogP contribution in [0.4, 0.5) is 0 Å². The average molecular weight is 167 g/mol. The van der Waals surface area contributed by atoms with E-state index < -0.39 is 6.04 Å². The maximum Gasteiger partial charge on any atom is 0.165 e. The minimum Gasteiger partial charge on any atom is -0.321 e. The van der Waals surface area contributed by atoms with Crippen molar-refractivity contribution in [2.24, 2.45) is 5.73 Å². The molecule has 0 saturated carbocycles. The molecule has 4 heteroatoms. The molecule has 0 aromatic heterocycles. The van der Waals surface area contributed by atoms with Crippen LogP contribution in [0.1, 0.15) is 13.8 Å². The standard InChI is InChI=1S/C3H8NOPS.C2H6/c4-2(1-7)3(5)6;1-2/h2,7H,1,4,6H2;1-2H3. The summed E-state index contributed by atoms with van der Waals surface area (Å²) in [4.78, 5) is 10.2. The maximum atomic E-state index is 10.2. The normalized spacial score (nSPS) is 11.2. The molecule has 0 aromatic rings. The second kappa shape index (κ2) is 8.41. The largest absolute Gasteiger partial charge is 0.321 e. The van der Waals surface area contributed by atoms with E-state index in [0.29, 0.717) is 5.75 Å². The summed E-state index contributed by atoms with van der Waals surface area (Å²) in [5.74, 6) is 0.419. The topological polar surface area (TPSA) is 43.1 Å². The van der Waals surface area contributed by atoms with E-state index in [1.54, 1.807) is 0 Å². The van der Waals surface area contributed by atoms with Crippen molar-refractivity contribution in [3.63, 3.8) is 0 Å². The third kappa shape index (κ3) is 8.41. The molecule has 56 valence electrons. The first-order valence-corrected chi connectivity index (χ1v) is 4.05. The minimum absolute atomic E-state index is 0.0880. The number of carbonyl (C=O) groups is 1. The molecule has 0 saturated heterocycles. The summed E-state index contributed by atoms with van der Waals surface area (Å²) in [5, 5.41) is 0. The first-order valence-electron chi connectivity index (χ1n) is 2.84. The molecule has 0 heterocycles. The van der Waals surface area contributed by atoms with E-state index in [2.05, 4.69) is 12.6 Å². The van der Waals surface area contributed by atoms with Gasteiger partial charge in [0.05, 0.1) is 6.04 Å². The first kappa shape index (κ1) is 12.1. The van der Waals surface area contributed by atoms with Crippen LogP contribution >= 0.6 is 21.9 Å². The summed E-state index contributed by atoms with van der Waals surface area (Å²) < 4.78 is 0. The molecule has 2 nitrogen and oxygen atoms in total. The molecule has 0 fully saturated rings. The summed E-state index contributed by atoms with van der Waals surface area (Å²) >= 11 is 3.80. The van der Waals surface area contributed by atoms with Gasteiger partial charge < -0.3 is 5.73 Å². The summed E-state index contributed by atoms with van der Waals surface area (Å²) in [6, 6.07) is -0.409. The lowest BCUT2D eigenvalue weighted by Gasteiger charge is -1.98. The van der Waals surface area contributed by atoms with Crippen LogP contribution in [0.15, 0.2) is 0 Å². The third-order valence-corrected chi connectivity index (χ3v) is 1.38. The van der Waals surface area contributed by atoms with Crippen LogP contribution < -0.4 is 5.73 Å². The SMILES string of the molecule is CC.NC(CS)C(=O)P. The van der Waals surface area contributed by atoms with E-state index in [1.165, 1.54) is 0 Å². The van der Waals surface area contributed by atoms with E-state index in [1.807, 2.05) is 23.1 Å². The Kier molecular flexibility index (Phi) is 11.3. The highest BCUT2D eigenvalue weighted by molar-refractivity contribution is 7.80. The predicted molar refractivity (Wildman–Crippen MR) is 47.9 cm³/mol. The second-order valence-corrected chi connectivity index (χ2v) is 2.13. The fourth-order valence-corrected chi connectivity index (χ4v) is 0.586. The lowest BCUT2D eigenvalue weighted by atomic mass is 10.4. The Morgan fingerprint density at radius 2 is 2.11 bits per heavy atom. The molecule has 0 aromatic carbocycles. The van der Waals surface area contributed by atoms with Gasteiger partial charge >= 0.3 is 0 Å². The van der Waals surface area contributed by atoms with Gasteiger partial charge in [0, 0.05) is 5.75 Å². The van der Waals surface area contributed by atoms with Gasteiger partial charge in [-0.25, -0.2) is 0 Å². The van der Waals surface area contributed by atoms with Gasteiger partial charge in [0.1, 0.15) is 0 Å². The van der Waals surface area contributed by atoms with E-state index in [-0.39, 0.29) is 5.52 Å². The van der Waals surface area contributed by atoms with Crippen molar-refractivity contribution in [1.82, 2.24) is 0 Å². The van der Waals surface area contributed by atoms with Crippen LogP contribution in [-0.2, 0) is 4.79 Å². The Bertz CT molecular complexity index is 79.4. The zero-order valence-corrected chi connectivity index (χ0v) is 7.84. The molecule has 0 bridgehead atoms. The summed E-state index contributed by atoms with van der Waals surface area (Å²) in [5.41, 5.74) is 5.08. The van der Waals surface area contributed by atoms with Crippen LogP contribution in [0, 0.1) is 0 Å². The summed E-state index contributed by atoms with van der Waals surface area (Å²) in [6.45, 7) is 4.00. The van der Waals surface area contributed by atoms with Crippen LogP contribution in [0.2, 0.25) is 0 Å². The van der Waals surface area contributed by atoms with Gasteiger partial charge in [0.15, 0.2) is 5.52 Å². The molecule has 0 amide bonds. The molecule has 0 rings (SSSR count). The molecular formula is C5H14NOPS. The van der Waals surface area contributed by atoms with Crippen molar-refractivity contribution < 1.29 is 4.79 Å². The number of nitrogens with two attached hydrogens (primary N) is 1. The fraction of sp³-hybridized carbons (Fsp3) is 0.800. The lowest BCUT2D eigenvalue weighted by Crippen LogP contribution is -2.27. The zero-order valence-electron chi connectivity index (χ0n) is 5.79. The fourth-order valence-electron chi connectivity index (χ4n) is 0.0900. The minimum atomic E-state index is -0.409. The summed E-state index contributed by atoms with van der Waals surface area (Å²) in [7, 11) is 2.00. The van der Waals surface area contributed by atoms with Crippen molar-refractivity contribution in [2.45, 2.75) is 19.9 Å². The predicted octanol–water partition coefficient (Wildman–Crippen LogP) is 0.671. The van der Waals surface area contributed by atoms with Gasteiger partial charge in [-0.05, 0) is 0 Å². The molecule has 0 spiro atoms. The average Bonchev–Trinajstić information content (AvgIpc) is 1.91. The van der Waals surface area contributed by atoms with Crippen LogP contribution in [0.3, 0.4) is 0 Å². The number of carbonyl (C=O) groups excluding carboxylic acids is 1. The molecule has 0 aliphatic heterocycles. The van der Waals surface area contributed by atoms with Gasteiger partial charge in [0.25, 0.3) is 0 Å². The highest BCUT2D eigenvalue weighted by atomic mass is 32.1. The third-order valence-electron chi connectivity index (χ3n) is 0.562. The van der Waals surface area contributed by atoms with Gasteiger partial charge in [0.2, 0.25) is 0 Å². The Hall–Kier alpha value is 0.410. The van der Waals surface area contributed by atoms with Crippen LogP contribution in [0.25, 0.3) is 0 Å². The Balaban J connectivity index is 0. The quantitative estimate of drug-likeness (QED) is 0.469. The van der Waals surface area contributed by atoms with Crippen molar-refractivity contribution in [2.75, 3.05) is 5.75 Å². The van der Waals surface area contributed by atoms with Gasteiger partial charge in [-0.3, -0.25) is 4.79 Å². The molecule has 0 radical (unpaired) electrons. The van der Waals surface area contributed by atoms with Crippen molar-refractivity contribution in [1.29, 1.82) is 0 Å².